The van der Waals surface area contributed by atoms with Crippen LogP contribution in [0.2, 0.25) is 0 Å². The first kappa shape index (κ1) is 11.3. The van der Waals surface area contributed by atoms with Gasteiger partial charge in [-0.2, -0.15) is 0 Å². The van der Waals surface area contributed by atoms with Gasteiger partial charge in [-0.1, -0.05) is 0 Å². The van der Waals surface area contributed by atoms with Gasteiger partial charge in [-0.05, 0) is 27.1 Å². The highest BCUT2D eigenvalue weighted by atomic mass is 16.5. The highest BCUT2D eigenvalue weighted by Gasteiger charge is 2.31. The van der Waals surface area contributed by atoms with Crippen molar-refractivity contribution in [2.24, 2.45) is 0 Å². The minimum atomic E-state index is 0.582. The minimum Gasteiger partial charge on any atom is -0.378 e. The van der Waals surface area contributed by atoms with Crippen molar-refractivity contribution < 1.29 is 4.74 Å². The van der Waals surface area contributed by atoms with E-state index in [1.54, 1.807) is 0 Å². The summed E-state index contributed by atoms with van der Waals surface area (Å²) in [5.41, 5.74) is 0. The van der Waals surface area contributed by atoms with E-state index in [2.05, 4.69) is 29.2 Å². The molecule has 2 unspecified atom stereocenters. The lowest BCUT2D eigenvalue weighted by molar-refractivity contribution is -0.0325. The van der Waals surface area contributed by atoms with E-state index in [0.29, 0.717) is 6.04 Å². The van der Waals surface area contributed by atoms with E-state index in [1.807, 2.05) is 0 Å². The standard InChI is InChI=1S/C11H23N3O/c1-13(2)8-11-9-15-6-5-14(11)10-3-4-12-7-10/h10-12H,3-9H2,1-2H3. The fourth-order valence-electron chi connectivity index (χ4n) is 2.65. The zero-order valence-electron chi connectivity index (χ0n) is 9.91. The molecule has 2 aliphatic heterocycles. The van der Waals surface area contributed by atoms with E-state index in [9.17, 15) is 0 Å². The molecule has 2 atom stereocenters. The molecule has 0 spiro atoms. The van der Waals surface area contributed by atoms with Crippen molar-refractivity contribution in [1.82, 2.24) is 15.1 Å². The molecule has 0 saturated carbocycles. The summed E-state index contributed by atoms with van der Waals surface area (Å²) in [5, 5.41) is 3.45. The third-order valence-electron chi connectivity index (χ3n) is 3.35. The van der Waals surface area contributed by atoms with Crippen LogP contribution in [0.4, 0.5) is 0 Å². The number of nitrogens with zero attached hydrogens (tertiary/aromatic N) is 2. The fraction of sp³-hybridized carbons (Fsp3) is 1.00. The lowest BCUT2D eigenvalue weighted by atomic mass is 10.1. The van der Waals surface area contributed by atoms with Gasteiger partial charge >= 0.3 is 0 Å². The maximum Gasteiger partial charge on any atom is 0.0635 e. The van der Waals surface area contributed by atoms with Crippen LogP contribution in [0.3, 0.4) is 0 Å². The molecule has 4 nitrogen and oxygen atoms in total. The average molecular weight is 213 g/mol. The van der Waals surface area contributed by atoms with Crippen LogP contribution in [0, 0.1) is 0 Å². The molecule has 0 amide bonds. The molecule has 0 radical (unpaired) electrons. The summed E-state index contributed by atoms with van der Waals surface area (Å²) in [6, 6.07) is 1.32. The maximum atomic E-state index is 5.58. The molecular weight excluding hydrogens is 190 g/mol. The number of hydrogen-bond acceptors (Lipinski definition) is 4. The van der Waals surface area contributed by atoms with E-state index in [0.717, 1.165) is 38.9 Å². The number of morpholine rings is 1. The van der Waals surface area contributed by atoms with Gasteiger partial charge in [-0.25, -0.2) is 0 Å². The molecule has 15 heavy (non-hydrogen) atoms. The quantitative estimate of drug-likeness (QED) is 0.691. The molecule has 2 rings (SSSR count). The Kier molecular flexibility index (Phi) is 3.97. The third kappa shape index (κ3) is 2.91. The Labute approximate surface area is 92.6 Å². The summed E-state index contributed by atoms with van der Waals surface area (Å²) in [4.78, 5) is 4.90. The van der Waals surface area contributed by atoms with E-state index in [-0.39, 0.29) is 0 Å². The van der Waals surface area contributed by atoms with Crippen LogP contribution in [-0.2, 0) is 4.74 Å². The molecule has 0 aromatic carbocycles. The monoisotopic (exact) mass is 213 g/mol. The van der Waals surface area contributed by atoms with E-state index in [1.165, 1.54) is 13.0 Å². The van der Waals surface area contributed by atoms with E-state index < -0.39 is 0 Å². The molecule has 2 fully saturated rings. The zero-order chi connectivity index (χ0) is 10.7. The molecule has 2 saturated heterocycles. The van der Waals surface area contributed by atoms with Gasteiger partial charge in [0.25, 0.3) is 0 Å². The van der Waals surface area contributed by atoms with Gasteiger partial charge in [0.05, 0.1) is 13.2 Å². The number of likely N-dealkylation sites (N-methyl/N-ethyl adjacent to an activating group) is 1. The summed E-state index contributed by atoms with van der Waals surface area (Å²) >= 11 is 0. The Bertz CT molecular complexity index is 192. The fourth-order valence-corrected chi connectivity index (χ4v) is 2.65. The van der Waals surface area contributed by atoms with Gasteiger partial charge in [-0.3, -0.25) is 4.90 Å². The Morgan fingerprint density at radius 2 is 2.33 bits per heavy atom. The molecule has 1 N–H and O–H groups in total. The van der Waals surface area contributed by atoms with E-state index >= 15 is 0 Å². The summed E-state index contributed by atoms with van der Waals surface area (Å²) in [6.07, 6.45) is 1.30. The Morgan fingerprint density at radius 1 is 1.47 bits per heavy atom. The highest BCUT2D eigenvalue weighted by molar-refractivity contribution is 4.87. The molecule has 2 aliphatic rings. The highest BCUT2D eigenvalue weighted by Crippen LogP contribution is 2.16. The maximum absolute atomic E-state index is 5.58. The Morgan fingerprint density at radius 3 is 3.00 bits per heavy atom. The lowest BCUT2D eigenvalue weighted by Gasteiger charge is -2.40. The molecule has 2 heterocycles. The Hall–Kier alpha value is -0.160. The van der Waals surface area contributed by atoms with Crippen LogP contribution in [0.25, 0.3) is 0 Å². The first-order valence-electron chi connectivity index (χ1n) is 5.96. The molecule has 0 aliphatic carbocycles. The molecule has 88 valence electrons. The van der Waals surface area contributed by atoms with Gasteiger partial charge in [0.1, 0.15) is 0 Å². The van der Waals surface area contributed by atoms with Gasteiger partial charge in [0.15, 0.2) is 0 Å². The third-order valence-corrected chi connectivity index (χ3v) is 3.35. The van der Waals surface area contributed by atoms with Gasteiger partial charge < -0.3 is 15.0 Å². The first-order valence-corrected chi connectivity index (χ1v) is 5.96. The average Bonchev–Trinajstić information content (AvgIpc) is 2.70. The van der Waals surface area contributed by atoms with Gasteiger partial charge in [0.2, 0.25) is 0 Å². The second kappa shape index (κ2) is 5.25. The summed E-state index contributed by atoms with van der Waals surface area (Å²) < 4.78 is 5.58. The summed E-state index contributed by atoms with van der Waals surface area (Å²) in [7, 11) is 4.28. The van der Waals surface area contributed by atoms with Crippen LogP contribution in [0.5, 0.6) is 0 Å². The topological polar surface area (TPSA) is 27.7 Å². The van der Waals surface area contributed by atoms with Crippen molar-refractivity contribution in [3.05, 3.63) is 0 Å². The predicted molar refractivity (Wildman–Crippen MR) is 61.1 cm³/mol. The summed E-state index contributed by atoms with van der Waals surface area (Å²) in [5.74, 6) is 0. The van der Waals surface area contributed by atoms with Crippen LogP contribution in [0.1, 0.15) is 6.42 Å². The van der Waals surface area contributed by atoms with Gasteiger partial charge in [0, 0.05) is 31.7 Å². The largest absolute Gasteiger partial charge is 0.378 e. The normalized spacial score (nSPS) is 33.8. The first-order chi connectivity index (χ1) is 7.27. The van der Waals surface area contributed by atoms with Crippen LogP contribution >= 0.6 is 0 Å². The molecule has 4 heteroatoms. The second-order valence-corrected chi connectivity index (χ2v) is 4.88. The zero-order valence-corrected chi connectivity index (χ0v) is 9.91. The number of rotatable bonds is 3. The van der Waals surface area contributed by atoms with Crippen molar-refractivity contribution in [2.75, 3.05) is 53.5 Å². The van der Waals surface area contributed by atoms with Crippen molar-refractivity contribution in [3.8, 4) is 0 Å². The van der Waals surface area contributed by atoms with Crippen LogP contribution < -0.4 is 5.32 Å². The SMILES string of the molecule is CN(C)CC1COCCN1C1CCNC1. The number of hydrogen-bond donors (Lipinski definition) is 1. The summed E-state index contributed by atoms with van der Waals surface area (Å²) in [6.45, 7) is 6.34. The predicted octanol–water partition coefficient (Wildman–Crippen LogP) is -0.389. The van der Waals surface area contributed by atoms with Crippen molar-refractivity contribution >= 4 is 0 Å². The molecule has 0 bridgehead atoms. The minimum absolute atomic E-state index is 0.582. The second-order valence-electron chi connectivity index (χ2n) is 4.88. The van der Waals surface area contributed by atoms with Crippen LogP contribution in [0.15, 0.2) is 0 Å². The van der Waals surface area contributed by atoms with Gasteiger partial charge in [-0.15, -0.1) is 0 Å². The lowest BCUT2D eigenvalue weighted by Crippen LogP contribution is -2.54. The van der Waals surface area contributed by atoms with Crippen molar-refractivity contribution in [2.45, 2.75) is 18.5 Å². The Balaban J connectivity index is 1.92. The number of ether oxygens (including phenoxy) is 1. The van der Waals surface area contributed by atoms with Crippen molar-refractivity contribution in [1.29, 1.82) is 0 Å². The number of nitrogens with one attached hydrogen (secondary N) is 1. The van der Waals surface area contributed by atoms with E-state index in [4.69, 9.17) is 4.74 Å². The van der Waals surface area contributed by atoms with Crippen molar-refractivity contribution in [3.63, 3.8) is 0 Å². The smallest absolute Gasteiger partial charge is 0.0635 e. The molecule has 0 aromatic rings. The molecular formula is C11H23N3O. The molecule has 0 aromatic heterocycles. The van der Waals surface area contributed by atoms with Crippen LogP contribution in [-0.4, -0.2) is 75.4 Å².